The number of aryl methyl sites for hydroxylation is 2. The van der Waals surface area contributed by atoms with Crippen LogP contribution in [0.15, 0.2) is 18.3 Å². The maximum atomic E-state index is 13.5. The Morgan fingerprint density at radius 3 is 2.41 bits per heavy atom. The predicted molar refractivity (Wildman–Crippen MR) is 120 cm³/mol. The quantitative estimate of drug-likeness (QED) is 0.570. The average molecular weight is 478 g/mol. The van der Waals surface area contributed by atoms with Crippen molar-refractivity contribution in [3.63, 3.8) is 0 Å². The minimum atomic E-state index is -0.463. The van der Waals surface area contributed by atoms with E-state index in [4.69, 9.17) is 32.7 Å². The Balaban J connectivity index is 1.74. The van der Waals surface area contributed by atoms with Crippen molar-refractivity contribution in [3.8, 4) is 11.5 Å². The molecule has 0 spiro atoms. The molecule has 0 unspecified atom stereocenters. The number of hydrogen-bond donors (Lipinski definition) is 0. The fourth-order valence-electron chi connectivity index (χ4n) is 3.93. The zero-order valence-electron chi connectivity index (χ0n) is 18.0. The van der Waals surface area contributed by atoms with Crippen LogP contribution in [-0.4, -0.2) is 63.9 Å². The highest BCUT2D eigenvalue weighted by Gasteiger charge is 2.36. The van der Waals surface area contributed by atoms with Gasteiger partial charge in [0, 0.05) is 26.3 Å². The van der Waals surface area contributed by atoms with Crippen LogP contribution in [0.4, 0.5) is 0 Å². The Bertz CT molecular complexity index is 1240. The lowest BCUT2D eigenvalue weighted by Gasteiger charge is -2.29. The molecule has 0 aliphatic carbocycles. The van der Waals surface area contributed by atoms with Crippen molar-refractivity contribution >= 4 is 46.0 Å². The number of rotatable bonds is 4. The van der Waals surface area contributed by atoms with Crippen LogP contribution in [0.25, 0.3) is 11.0 Å². The summed E-state index contributed by atoms with van der Waals surface area (Å²) in [5.74, 6) is -0.418. The molecule has 0 saturated carbocycles. The van der Waals surface area contributed by atoms with Gasteiger partial charge in [-0.1, -0.05) is 23.2 Å². The van der Waals surface area contributed by atoms with E-state index in [-0.39, 0.29) is 26.9 Å². The first-order valence-corrected chi connectivity index (χ1v) is 10.6. The van der Waals surface area contributed by atoms with Gasteiger partial charge in [-0.05, 0) is 25.5 Å². The van der Waals surface area contributed by atoms with Gasteiger partial charge in [-0.15, -0.1) is 0 Å². The van der Waals surface area contributed by atoms with E-state index >= 15 is 0 Å². The smallest absolute Gasteiger partial charge is 0.280 e. The molecule has 2 amide bonds. The van der Waals surface area contributed by atoms with Gasteiger partial charge in [-0.3, -0.25) is 14.3 Å². The molecule has 3 heterocycles. The molecular weight excluding hydrogens is 457 g/mol. The summed E-state index contributed by atoms with van der Waals surface area (Å²) in [4.78, 5) is 31.3. The zero-order chi connectivity index (χ0) is 23.2. The van der Waals surface area contributed by atoms with E-state index in [1.165, 1.54) is 30.4 Å². The van der Waals surface area contributed by atoms with Crippen molar-refractivity contribution < 1.29 is 19.1 Å². The lowest BCUT2D eigenvalue weighted by molar-refractivity contribution is 0.0182. The number of benzene rings is 1. The fourth-order valence-corrected chi connectivity index (χ4v) is 4.52. The Labute approximate surface area is 194 Å². The standard InChI is InChI=1S/C21H21Cl2N5O4/c1-11-15-17(23)12(10-24-19(15)26(2)25-11)20(29)27-8-5-9-28(27)21(30)16-14(31-3)7-6-13(22)18(16)32-4/h6-7,10H,5,8-9H2,1-4H3. The van der Waals surface area contributed by atoms with Crippen LogP contribution in [0, 0.1) is 6.92 Å². The maximum absolute atomic E-state index is 13.5. The number of ether oxygens (including phenoxy) is 2. The highest BCUT2D eigenvalue weighted by molar-refractivity contribution is 6.38. The summed E-state index contributed by atoms with van der Waals surface area (Å²) in [6.45, 7) is 2.48. The molecule has 168 valence electrons. The second kappa shape index (κ2) is 8.48. The van der Waals surface area contributed by atoms with Gasteiger partial charge in [0.25, 0.3) is 11.8 Å². The third-order valence-electron chi connectivity index (χ3n) is 5.40. The molecular formula is C21H21Cl2N5O4. The van der Waals surface area contributed by atoms with Gasteiger partial charge in [0.05, 0.1) is 40.9 Å². The number of carbonyl (C=O) groups is 2. The van der Waals surface area contributed by atoms with Crippen molar-refractivity contribution in [2.24, 2.45) is 7.05 Å². The molecule has 11 heteroatoms. The molecule has 2 aromatic heterocycles. The maximum Gasteiger partial charge on any atom is 0.280 e. The monoisotopic (exact) mass is 477 g/mol. The summed E-state index contributed by atoms with van der Waals surface area (Å²) < 4.78 is 12.3. The average Bonchev–Trinajstić information content (AvgIpc) is 3.37. The largest absolute Gasteiger partial charge is 0.496 e. The van der Waals surface area contributed by atoms with Crippen molar-refractivity contribution in [2.75, 3.05) is 27.3 Å². The molecule has 1 aliphatic rings. The van der Waals surface area contributed by atoms with Crippen LogP contribution in [-0.2, 0) is 7.05 Å². The van der Waals surface area contributed by atoms with Crippen molar-refractivity contribution in [1.29, 1.82) is 0 Å². The molecule has 0 atom stereocenters. The van der Waals surface area contributed by atoms with Crippen molar-refractivity contribution in [3.05, 3.63) is 45.2 Å². The number of pyridine rings is 1. The number of hydrazine groups is 1. The number of nitrogens with zero attached hydrogens (tertiary/aromatic N) is 5. The van der Waals surface area contributed by atoms with Crippen LogP contribution in [0.2, 0.25) is 10.0 Å². The van der Waals surface area contributed by atoms with E-state index < -0.39 is 11.8 Å². The normalized spacial score (nSPS) is 13.7. The highest BCUT2D eigenvalue weighted by atomic mass is 35.5. The van der Waals surface area contributed by atoms with Gasteiger partial charge in [0.15, 0.2) is 11.4 Å². The summed E-state index contributed by atoms with van der Waals surface area (Å²) in [5, 5.41) is 8.16. The number of carbonyl (C=O) groups excluding carboxylic acids is 2. The summed E-state index contributed by atoms with van der Waals surface area (Å²) >= 11 is 12.8. The molecule has 1 fully saturated rings. The van der Waals surface area contributed by atoms with E-state index in [0.717, 1.165) is 0 Å². The fraction of sp³-hybridized carbons (Fsp3) is 0.333. The Morgan fingerprint density at radius 1 is 1.06 bits per heavy atom. The van der Waals surface area contributed by atoms with Gasteiger partial charge in [-0.2, -0.15) is 5.10 Å². The lowest BCUT2D eigenvalue weighted by atomic mass is 10.1. The van der Waals surface area contributed by atoms with Crippen LogP contribution < -0.4 is 9.47 Å². The number of halogens is 2. The van der Waals surface area contributed by atoms with Gasteiger partial charge >= 0.3 is 0 Å². The third-order valence-corrected chi connectivity index (χ3v) is 6.09. The molecule has 0 N–H and O–H groups in total. The first-order chi connectivity index (χ1) is 15.3. The Hall–Kier alpha value is -3.04. The minimum absolute atomic E-state index is 0.143. The summed E-state index contributed by atoms with van der Waals surface area (Å²) in [5.41, 5.74) is 1.58. The van der Waals surface area contributed by atoms with Gasteiger partial charge < -0.3 is 9.47 Å². The highest BCUT2D eigenvalue weighted by Crippen LogP contribution is 2.37. The van der Waals surface area contributed by atoms with Crippen LogP contribution in [0.5, 0.6) is 11.5 Å². The van der Waals surface area contributed by atoms with Crippen molar-refractivity contribution in [1.82, 2.24) is 24.8 Å². The molecule has 4 rings (SSSR count). The molecule has 0 radical (unpaired) electrons. The molecule has 1 aromatic carbocycles. The molecule has 3 aromatic rings. The molecule has 32 heavy (non-hydrogen) atoms. The Morgan fingerprint density at radius 2 is 1.75 bits per heavy atom. The molecule has 1 saturated heterocycles. The van der Waals surface area contributed by atoms with E-state index in [1.807, 2.05) is 0 Å². The first kappa shape index (κ1) is 22.2. The number of fused-ring (bicyclic) bond motifs is 1. The topological polar surface area (TPSA) is 89.8 Å². The van der Waals surface area contributed by atoms with E-state index in [1.54, 1.807) is 30.8 Å². The molecule has 1 aliphatic heterocycles. The van der Waals surface area contributed by atoms with E-state index in [2.05, 4.69) is 10.1 Å². The van der Waals surface area contributed by atoms with Crippen LogP contribution in [0.1, 0.15) is 32.8 Å². The van der Waals surface area contributed by atoms with Crippen molar-refractivity contribution in [2.45, 2.75) is 13.3 Å². The molecule has 0 bridgehead atoms. The number of amides is 2. The van der Waals surface area contributed by atoms with Crippen LogP contribution in [0.3, 0.4) is 0 Å². The van der Waals surface area contributed by atoms with E-state index in [9.17, 15) is 9.59 Å². The third kappa shape index (κ3) is 3.41. The van der Waals surface area contributed by atoms with Gasteiger partial charge in [-0.25, -0.2) is 15.0 Å². The predicted octanol–water partition coefficient (Wildman–Crippen LogP) is 3.50. The van der Waals surface area contributed by atoms with Gasteiger partial charge in [0.1, 0.15) is 11.3 Å². The van der Waals surface area contributed by atoms with Crippen LogP contribution >= 0.6 is 23.2 Å². The second-order valence-corrected chi connectivity index (χ2v) is 8.05. The minimum Gasteiger partial charge on any atom is -0.496 e. The summed E-state index contributed by atoms with van der Waals surface area (Å²) in [6.07, 6.45) is 2.01. The number of methoxy groups -OCH3 is 2. The summed E-state index contributed by atoms with van der Waals surface area (Å²) in [6, 6.07) is 3.17. The number of hydrogen-bond acceptors (Lipinski definition) is 6. The zero-order valence-corrected chi connectivity index (χ0v) is 19.5. The van der Waals surface area contributed by atoms with Gasteiger partial charge in [0.2, 0.25) is 0 Å². The Kier molecular flexibility index (Phi) is 5.87. The lowest BCUT2D eigenvalue weighted by Crippen LogP contribution is -2.45. The summed E-state index contributed by atoms with van der Waals surface area (Å²) in [7, 11) is 4.62. The first-order valence-electron chi connectivity index (χ1n) is 9.82. The number of aromatic nitrogens is 3. The SMILES string of the molecule is COc1ccc(Cl)c(OC)c1C(=O)N1CCCN1C(=O)c1cnc2c(c(C)nn2C)c1Cl. The van der Waals surface area contributed by atoms with E-state index in [0.29, 0.717) is 42.0 Å². The second-order valence-electron chi connectivity index (χ2n) is 7.26. The molecule has 9 nitrogen and oxygen atoms in total.